The topological polar surface area (TPSA) is 63.0 Å². The van der Waals surface area contributed by atoms with Crippen LogP contribution in [0.4, 0.5) is 0 Å². The minimum Gasteiger partial charge on any atom is -0.309 e. The Labute approximate surface area is 162 Å². The highest BCUT2D eigenvalue weighted by molar-refractivity contribution is 7.98. The molecule has 0 bridgehead atoms. The fourth-order valence-electron chi connectivity index (χ4n) is 3.05. The molecule has 0 aliphatic heterocycles. The number of aromatic nitrogens is 4. The lowest BCUT2D eigenvalue weighted by molar-refractivity contribution is 0.951. The van der Waals surface area contributed by atoms with Crippen molar-refractivity contribution < 1.29 is 0 Å². The minimum atomic E-state index is -0.0938. The SMILES string of the molecule is O=c1[nH]c(CSc2ncc3ccccn23)nc2scc(-c3ccccc3)c12. The van der Waals surface area contributed by atoms with Gasteiger partial charge in [-0.15, -0.1) is 11.3 Å². The zero-order chi connectivity index (χ0) is 18.2. The van der Waals surface area contributed by atoms with Crippen molar-refractivity contribution in [2.45, 2.75) is 10.9 Å². The van der Waals surface area contributed by atoms with Gasteiger partial charge in [-0.25, -0.2) is 9.97 Å². The molecule has 0 aliphatic rings. The Bertz CT molecular complexity index is 1300. The molecule has 0 fully saturated rings. The molecule has 0 amide bonds. The molecule has 0 spiro atoms. The Hall–Kier alpha value is -2.90. The number of pyridine rings is 1. The van der Waals surface area contributed by atoms with Crippen molar-refractivity contribution in [2.24, 2.45) is 0 Å². The molecule has 1 N–H and O–H groups in total. The summed E-state index contributed by atoms with van der Waals surface area (Å²) < 4.78 is 2.03. The van der Waals surface area contributed by atoms with Crippen LogP contribution in [0.3, 0.4) is 0 Å². The van der Waals surface area contributed by atoms with E-state index in [0.717, 1.165) is 26.6 Å². The van der Waals surface area contributed by atoms with Gasteiger partial charge < -0.3 is 4.98 Å². The summed E-state index contributed by atoms with van der Waals surface area (Å²) in [6, 6.07) is 15.9. The molecule has 1 aromatic carbocycles. The van der Waals surface area contributed by atoms with Crippen LogP contribution in [0.1, 0.15) is 5.82 Å². The third kappa shape index (κ3) is 2.94. The van der Waals surface area contributed by atoms with Crippen LogP contribution < -0.4 is 5.56 Å². The first kappa shape index (κ1) is 16.3. The Balaban J connectivity index is 1.48. The van der Waals surface area contributed by atoms with E-state index >= 15 is 0 Å². The highest BCUT2D eigenvalue weighted by atomic mass is 32.2. The molecule has 0 saturated carbocycles. The van der Waals surface area contributed by atoms with E-state index < -0.39 is 0 Å². The number of rotatable bonds is 4. The Morgan fingerprint density at radius 1 is 1.11 bits per heavy atom. The molecule has 7 heteroatoms. The minimum absolute atomic E-state index is 0.0938. The zero-order valence-corrected chi connectivity index (χ0v) is 15.8. The highest BCUT2D eigenvalue weighted by Gasteiger charge is 2.13. The number of nitrogens with zero attached hydrogens (tertiary/aromatic N) is 3. The molecule has 4 heterocycles. The predicted octanol–water partition coefficient (Wildman–Crippen LogP) is 4.59. The molecule has 0 radical (unpaired) electrons. The monoisotopic (exact) mass is 390 g/mol. The van der Waals surface area contributed by atoms with Crippen LogP contribution in [0.15, 0.2) is 76.3 Å². The summed E-state index contributed by atoms with van der Waals surface area (Å²) in [6.07, 6.45) is 3.82. The number of hydrogen-bond donors (Lipinski definition) is 1. The van der Waals surface area contributed by atoms with E-state index in [4.69, 9.17) is 0 Å². The summed E-state index contributed by atoms with van der Waals surface area (Å²) >= 11 is 3.06. The van der Waals surface area contributed by atoms with E-state index in [-0.39, 0.29) is 5.56 Å². The van der Waals surface area contributed by atoms with Gasteiger partial charge in [-0.05, 0) is 17.7 Å². The first-order valence-electron chi connectivity index (χ1n) is 8.40. The molecule has 0 unspecified atom stereocenters. The van der Waals surface area contributed by atoms with E-state index in [1.54, 1.807) is 11.8 Å². The molecule has 5 nitrogen and oxygen atoms in total. The molecular formula is C20H14N4OS2. The van der Waals surface area contributed by atoms with E-state index in [2.05, 4.69) is 15.0 Å². The standard InChI is InChI=1S/C20H14N4OS2/c25-18-17-15(13-6-2-1-3-7-13)11-26-19(17)23-16(22-18)12-27-20-21-10-14-8-4-5-9-24(14)20/h1-11H,12H2,(H,22,23,25). The van der Waals surface area contributed by atoms with Gasteiger partial charge in [0.05, 0.1) is 22.9 Å². The van der Waals surface area contributed by atoms with Crippen molar-refractivity contribution in [3.8, 4) is 11.1 Å². The second-order valence-electron chi connectivity index (χ2n) is 6.03. The Morgan fingerprint density at radius 2 is 1.96 bits per heavy atom. The number of H-pyrrole nitrogens is 1. The summed E-state index contributed by atoms with van der Waals surface area (Å²) in [6.45, 7) is 0. The van der Waals surface area contributed by atoms with Crippen molar-refractivity contribution in [3.05, 3.63) is 82.5 Å². The van der Waals surface area contributed by atoms with Gasteiger partial charge in [0.25, 0.3) is 5.56 Å². The van der Waals surface area contributed by atoms with Gasteiger partial charge in [-0.1, -0.05) is 48.2 Å². The summed E-state index contributed by atoms with van der Waals surface area (Å²) in [4.78, 5) is 25.5. The maximum absolute atomic E-state index is 12.7. The zero-order valence-electron chi connectivity index (χ0n) is 14.1. The predicted molar refractivity (Wildman–Crippen MR) is 110 cm³/mol. The smallest absolute Gasteiger partial charge is 0.260 e. The summed E-state index contributed by atoms with van der Waals surface area (Å²) in [5, 5.41) is 3.54. The summed E-state index contributed by atoms with van der Waals surface area (Å²) in [7, 11) is 0. The summed E-state index contributed by atoms with van der Waals surface area (Å²) in [5.74, 6) is 1.21. The summed E-state index contributed by atoms with van der Waals surface area (Å²) in [5.41, 5.74) is 2.91. The van der Waals surface area contributed by atoms with Gasteiger partial charge >= 0.3 is 0 Å². The molecule has 0 aliphatic carbocycles. The van der Waals surface area contributed by atoms with Gasteiger partial charge in [0.15, 0.2) is 5.16 Å². The third-order valence-corrected chi connectivity index (χ3v) is 6.17. The maximum atomic E-state index is 12.7. The van der Waals surface area contributed by atoms with Crippen LogP contribution in [0.2, 0.25) is 0 Å². The van der Waals surface area contributed by atoms with Crippen molar-refractivity contribution in [3.63, 3.8) is 0 Å². The number of thiophene rings is 1. The first-order valence-corrected chi connectivity index (χ1v) is 10.3. The molecule has 132 valence electrons. The van der Waals surface area contributed by atoms with E-state index in [9.17, 15) is 4.79 Å². The number of fused-ring (bicyclic) bond motifs is 2. The Morgan fingerprint density at radius 3 is 2.85 bits per heavy atom. The average molecular weight is 390 g/mol. The molecule has 5 aromatic rings. The highest BCUT2D eigenvalue weighted by Crippen LogP contribution is 2.31. The third-order valence-electron chi connectivity index (χ3n) is 4.32. The molecule has 27 heavy (non-hydrogen) atoms. The number of thioether (sulfide) groups is 1. The molecule has 4 aromatic heterocycles. The second-order valence-corrected chi connectivity index (χ2v) is 7.83. The first-order chi connectivity index (χ1) is 13.3. The average Bonchev–Trinajstić information content (AvgIpc) is 3.31. The number of benzene rings is 1. The largest absolute Gasteiger partial charge is 0.309 e. The van der Waals surface area contributed by atoms with E-state index in [1.807, 2.05) is 70.7 Å². The number of hydrogen-bond acceptors (Lipinski definition) is 5. The fourth-order valence-corrected chi connectivity index (χ4v) is 4.85. The van der Waals surface area contributed by atoms with Gasteiger partial charge in [0.2, 0.25) is 0 Å². The molecule has 0 saturated heterocycles. The van der Waals surface area contributed by atoms with Gasteiger partial charge in [-0.3, -0.25) is 9.20 Å². The van der Waals surface area contributed by atoms with Crippen LogP contribution in [0.25, 0.3) is 26.9 Å². The lowest BCUT2D eigenvalue weighted by Crippen LogP contribution is -2.10. The van der Waals surface area contributed by atoms with Crippen molar-refractivity contribution in [1.29, 1.82) is 0 Å². The van der Waals surface area contributed by atoms with Crippen LogP contribution in [0, 0.1) is 0 Å². The lowest BCUT2D eigenvalue weighted by atomic mass is 10.1. The van der Waals surface area contributed by atoms with E-state index in [0.29, 0.717) is 17.0 Å². The van der Waals surface area contributed by atoms with Crippen molar-refractivity contribution in [1.82, 2.24) is 19.4 Å². The maximum Gasteiger partial charge on any atom is 0.260 e. The van der Waals surface area contributed by atoms with E-state index in [1.165, 1.54) is 11.3 Å². The normalized spacial score (nSPS) is 11.4. The number of nitrogens with one attached hydrogen (secondary N) is 1. The fraction of sp³-hybridized carbons (Fsp3) is 0.0500. The lowest BCUT2D eigenvalue weighted by Gasteiger charge is -2.03. The van der Waals surface area contributed by atoms with Crippen LogP contribution in [-0.4, -0.2) is 19.4 Å². The number of aromatic amines is 1. The van der Waals surface area contributed by atoms with Crippen LogP contribution in [0.5, 0.6) is 0 Å². The van der Waals surface area contributed by atoms with Crippen LogP contribution in [-0.2, 0) is 5.75 Å². The van der Waals surface area contributed by atoms with Gasteiger partial charge in [0, 0.05) is 17.1 Å². The Kier molecular flexibility index (Phi) is 4.03. The van der Waals surface area contributed by atoms with Crippen LogP contribution >= 0.6 is 23.1 Å². The van der Waals surface area contributed by atoms with Crippen molar-refractivity contribution in [2.75, 3.05) is 0 Å². The van der Waals surface area contributed by atoms with Crippen molar-refractivity contribution >= 4 is 38.8 Å². The quantitative estimate of drug-likeness (QED) is 0.456. The number of imidazole rings is 1. The molecule has 0 atom stereocenters. The van der Waals surface area contributed by atoms with Gasteiger partial charge in [0.1, 0.15) is 10.7 Å². The molecule has 5 rings (SSSR count). The second kappa shape index (κ2) is 6.68. The molecular weight excluding hydrogens is 376 g/mol. The van der Waals surface area contributed by atoms with Gasteiger partial charge in [-0.2, -0.15) is 0 Å².